The molecule has 1 aromatic rings. The third kappa shape index (κ3) is 2.72. The lowest BCUT2D eigenvalue weighted by Gasteiger charge is -2.36. The largest absolute Gasteiger partial charge is 0.303 e. The third-order valence-electron chi connectivity index (χ3n) is 2.79. The van der Waals surface area contributed by atoms with E-state index in [-0.39, 0.29) is 16.9 Å². The zero-order valence-electron chi connectivity index (χ0n) is 9.80. The van der Waals surface area contributed by atoms with E-state index in [1.165, 1.54) is 18.2 Å². The molecule has 2 nitrogen and oxygen atoms in total. The number of benzene rings is 1. The van der Waals surface area contributed by atoms with Gasteiger partial charge in [0.25, 0.3) is 0 Å². The summed E-state index contributed by atoms with van der Waals surface area (Å²) in [6, 6.07) is 3.26. The highest BCUT2D eigenvalue weighted by Crippen LogP contribution is 2.27. The second-order valence-electron chi connectivity index (χ2n) is 4.97. The minimum atomic E-state index is -1.05. The Morgan fingerprint density at radius 1 is 1.35 bits per heavy atom. The zero-order chi connectivity index (χ0) is 12.6. The van der Waals surface area contributed by atoms with Gasteiger partial charge in [-0.1, -0.05) is 6.07 Å². The van der Waals surface area contributed by atoms with Crippen LogP contribution in [0.3, 0.4) is 0 Å². The molecule has 17 heavy (non-hydrogen) atoms. The van der Waals surface area contributed by atoms with Crippen LogP contribution in [-0.2, 0) is 10.8 Å². The molecular weight excluding hydrogens is 244 g/mol. The summed E-state index contributed by atoms with van der Waals surface area (Å²) in [5.74, 6) is -0.421. The van der Waals surface area contributed by atoms with E-state index in [2.05, 4.69) is 5.32 Å². The summed E-state index contributed by atoms with van der Waals surface area (Å²) in [5.41, 5.74) is -0.378. The molecule has 1 aliphatic heterocycles. The highest BCUT2D eigenvalue weighted by molar-refractivity contribution is 7.85. The molecule has 1 fully saturated rings. The summed E-state index contributed by atoms with van der Waals surface area (Å²) < 4.78 is 39.0. The molecular formula is C12H15F2NOS. The molecule has 2 unspecified atom stereocenters. The number of hydrogen-bond acceptors (Lipinski definition) is 2. The highest BCUT2D eigenvalue weighted by atomic mass is 32.2. The average Bonchev–Trinajstić information content (AvgIpc) is 2.13. The second kappa shape index (κ2) is 4.46. The molecule has 1 heterocycles. The molecule has 0 spiro atoms. The van der Waals surface area contributed by atoms with Crippen molar-refractivity contribution in [2.75, 3.05) is 11.5 Å². The summed E-state index contributed by atoms with van der Waals surface area (Å²) in [5, 5.41) is 3.15. The fourth-order valence-electron chi connectivity index (χ4n) is 2.20. The quantitative estimate of drug-likeness (QED) is 0.837. The van der Waals surface area contributed by atoms with Crippen molar-refractivity contribution in [3.63, 3.8) is 0 Å². The summed E-state index contributed by atoms with van der Waals surface area (Å²) in [7, 11) is -1.05. The van der Waals surface area contributed by atoms with Crippen molar-refractivity contribution in [1.29, 1.82) is 0 Å². The van der Waals surface area contributed by atoms with Crippen LogP contribution >= 0.6 is 0 Å². The van der Waals surface area contributed by atoms with Crippen LogP contribution in [0, 0.1) is 11.6 Å². The summed E-state index contributed by atoms with van der Waals surface area (Å²) >= 11 is 0. The summed E-state index contributed by atoms with van der Waals surface area (Å²) in [4.78, 5) is 0. The van der Waals surface area contributed by atoms with Gasteiger partial charge in [-0.15, -0.1) is 0 Å². The number of nitrogens with one attached hydrogen (secondary N) is 1. The van der Waals surface area contributed by atoms with E-state index in [0.717, 1.165) is 0 Å². The molecule has 1 N–H and O–H groups in total. The SMILES string of the molecule is CC1(C)CS(=O)CC(c2c(F)cccc2F)N1. The van der Waals surface area contributed by atoms with Crippen LogP contribution in [0.15, 0.2) is 18.2 Å². The average molecular weight is 259 g/mol. The first-order chi connectivity index (χ1) is 7.89. The Kier molecular flexibility index (Phi) is 3.32. The van der Waals surface area contributed by atoms with E-state index in [4.69, 9.17) is 0 Å². The third-order valence-corrected chi connectivity index (χ3v) is 4.54. The van der Waals surface area contributed by atoms with Crippen molar-refractivity contribution in [3.05, 3.63) is 35.4 Å². The van der Waals surface area contributed by atoms with E-state index >= 15 is 0 Å². The number of hydrogen-bond donors (Lipinski definition) is 1. The maximum absolute atomic E-state index is 13.6. The van der Waals surface area contributed by atoms with Gasteiger partial charge in [-0.05, 0) is 26.0 Å². The summed E-state index contributed by atoms with van der Waals surface area (Å²) in [6.45, 7) is 3.77. The second-order valence-corrected chi connectivity index (χ2v) is 6.47. The molecule has 0 aromatic heterocycles. The molecule has 0 bridgehead atoms. The van der Waals surface area contributed by atoms with Crippen molar-refractivity contribution in [3.8, 4) is 0 Å². The normalized spacial score (nSPS) is 28.0. The van der Waals surface area contributed by atoms with Gasteiger partial charge < -0.3 is 5.32 Å². The maximum atomic E-state index is 13.6. The Bertz CT molecular complexity index is 442. The molecule has 5 heteroatoms. The molecule has 2 atom stereocenters. The van der Waals surface area contributed by atoms with Crippen LogP contribution in [0.25, 0.3) is 0 Å². The molecule has 1 aliphatic rings. The topological polar surface area (TPSA) is 29.1 Å². The number of halogens is 2. The van der Waals surface area contributed by atoms with Gasteiger partial charge in [-0.3, -0.25) is 4.21 Å². The van der Waals surface area contributed by atoms with Crippen molar-refractivity contribution in [2.45, 2.75) is 25.4 Å². The predicted molar refractivity (Wildman–Crippen MR) is 64.2 cm³/mol. The van der Waals surface area contributed by atoms with E-state index in [0.29, 0.717) is 5.75 Å². The Labute approximate surface area is 102 Å². The van der Waals surface area contributed by atoms with Gasteiger partial charge in [-0.25, -0.2) is 8.78 Å². The van der Waals surface area contributed by atoms with Gasteiger partial charge in [0.1, 0.15) is 11.6 Å². The van der Waals surface area contributed by atoms with Crippen LogP contribution in [0.4, 0.5) is 8.78 Å². The lowest BCUT2D eigenvalue weighted by Crippen LogP contribution is -2.52. The van der Waals surface area contributed by atoms with E-state index < -0.39 is 28.5 Å². The monoisotopic (exact) mass is 259 g/mol. The Balaban J connectivity index is 2.37. The van der Waals surface area contributed by atoms with E-state index in [1.54, 1.807) is 0 Å². The molecule has 0 aliphatic carbocycles. The van der Waals surface area contributed by atoms with Gasteiger partial charge in [-0.2, -0.15) is 0 Å². The van der Waals surface area contributed by atoms with E-state index in [9.17, 15) is 13.0 Å². The summed E-state index contributed by atoms with van der Waals surface area (Å²) in [6.07, 6.45) is 0. The van der Waals surface area contributed by atoms with Crippen LogP contribution in [0.2, 0.25) is 0 Å². The lowest BCUT2D eigenvalue weighted by molar-refractivity contribution is 0.355. The van der Waals surface area contributed by atoms with Crippen LogP contribution < -0.4 is 5.32 Å². The molecule has 0 radical (unpaired) electrons. The molecule has 0 saturated carbocycles. The van der Waals surface area contributed by atoms with Gasteiger partial charge in [0.05, 0.1) is 0 Å². The lowest BCUT2D eigenvalue weighted by atomic mass is 10.0. The van der Waals surface area contributed by atoms with Crippen LogP contribution in [0.1, 0.15) is 25.5 Å². The molecule has 2 rings (SSSR count). The van der Waals surface area contributed by atoms with Crippen LogP contribution in [0.5, 0.6) is 0 Å². The smallest absolute Gasteiger partial charge is 0.130 e. The van der Waals surface area contributed by atoms with Gasteiger partial charge in [0, 0.05) is 39.4 Å². The predicted octanol–water partition coefficient (Wildman–Crippen LogP) is 2.14. The minimum Gasteiger partial charge on any atom is -0.303 e. The van der Waals surface area contributed by atoms with Crippen LogP contribution in [-0.4, -0.2) is 21.3 Å². The van der Waals surface area contributed by atoms with Crippen molar-refractivity contribution in [2.24, 2.45) is 0 Å². The van der Waals surface area contributed by atoms with Crippen molar-refractivity contribution in [1.82, 2.24) is 5.32 Å². The first-order valence-corrected chi connectivity index (χ1v) is 6.94. The van der Waals surface area contributed by atoms with Crippen molar-refractivity contribution < 1.29 is 13.0 Å². The first-order valence-electron chi connectivity index (χ1n) is 5.46. The first kappa shape index (κ1) is 12.6. The van der Waals surface area contributed by atoms with Gasteiger partial charge in [0.15, 0.2) is 0 Å². The zero-order valence-corrected chi connectivity index (χ0v) is 10.6. The minimum absolute atomic E-state index is 0.00590. The van der Waals surface area contributed by atoms with Gasteiger partial charge in [0.2, 0.25) is 0 Å². The fourth-order valence-corrected chi connectivity index (χ4v) is 3.83. The Morgan fingerprint density at radius 2 is 1.94 bits per heavy atom. The molecule has 94 valence electrons. The molecule has 1 saturated heterocycles. The maximum Gasteiger partial charge on any atom is 0.130 e. The molecule has 0 amide bonds. The van der Waals surface area contributed by atoms with E-state index in [1.807, 2.05) is 13.8 Å². The Hall–Kier alpha value is -0.810. The standard InChI is InChI=1S/C12H15F2NOS/c1-12(2)7-17(16)6-10(15-12)11-8(13)4-3-5-9(11)14/h3-5,10,15H,6-7H2,1-2H3. The number of rotatable bonds is 1. The molecule has 1 aromatic carbocycles. The fraction of sp³-hybridized carbons (Fsp3) is 0.500. The Morgan fingerprint density at radius 3 is 2.47 bits per heavy atom. The van der Waals surface area contributed by atoms with Gasteiger partial charge >= 0.3 is 0 Å². The highest BCUT2D eigenvalue weighted by Gasteiger charge is 2.34. The van der Waals surface area contributed by atoms with Crippen molar-refractivity contribution >= 4 is 10.8 Å².